The van der Waals surface area contributed by atoms with E-state index < -0.39 is 17.7 Å². The Morgan fingerprint density at radius 2 is 1.81 bits per heavy atom. The number of hydrogen-bond donors (Lipinski definition) is 5. The molecule has 1 amide bonds. The number of aromatic nitrogens is 2. The summed E-state index contributed by atoms with van der Waals surface area (Å²) >= 11 is 6.21. The van der Waals surface area contributed by atoms with Gasteiger partial charge in [0.25, 0.3) is 5.56 Å². The zero-order valence-electron chi connectivity index (χ0n) is 19.5. The SMILES string of the molecule is Cc1c(Cl)nc(NCc2ccccc2N)c(=O)n1CC(=O)Nc1cccc(CN)c1.O=C(O)C(F)(F)F. The molecule has 37 heavy (non-hydrogen) atoms. The summed E-state index contributed by atoms with van der Waals surface area (Å²) in [7, 11) is 0. The monoisotopic (exact) mass is 540 g/mol. The number of carbonyl (C=O) groups is 2. The van der Waals surface area contributed by atoms with Crippen molar-refractivity contribution in [1.29, 1.82) is 0 Å². The largest absolute Gasteiger partial charge is 0.490 e. The third-order valence-corrected chi connectivity index (χ3v) is 5.21. The zero-order chi connectivity index (χ0) is 27.8. The number of carboxylic acids is 1. The van der Waals surface area contributed by atoms with Crippen LogP contribution >= 0.6 is 11.6 Å². The molecule has 0 aliphatic heterocycles. The highest BCUT2D eigenvalue weighted by atomic mass is 35.5. The van der Waals surface area contributed by atoms with Crippen LogP contribution in [0.5, 0.6) is 0 Å². The van der Waals surface area contributed by atoms with Crippen LogP contribution in [-0.2, 0) is 29.2 Å². The second-order valence-electron chi connectivity index (χ2n) is 7.54. The van der Waals surface area contributed by atoms with Crippen LogP contribution in [0.4, 0.5) is 30.4 Å². The van der Waals surface area contributed by atoms with E-state index in [1.165, 1.54) is 4.57 Å². The summed E-state index contributed by atoms with van der Waals surface area (Å²) in [6.07, 6.45) is -5.08. The molecule has 14 heteroatoms. The molecule has 198 valence electrons. The van der Waals surface area contributed by atoms with E-state index in [4.69, 9.17) is 33.0 Å². The Bertz CT molecular complexity index is 1330. The molecule has 0 fully saturated rings. The Morgan fingerprint density at radius 1 is 1.16 bits per heavy atom. The number of rotatable bonds is 7. The van der Waals surface area contributed by atoms with Gasteiger partial charge < -0.3 is 27.2 Å². The fourth-order valence-electron chi connectivity index (χ4n) is 2.92. The molecule has 0 saturated carbocycles. The maximum Gasteiger partial charge on any atom is 0.490 e. The minimum Gasteiger partial charge on any atom is -0.475 e. The van der Waals surface area contributed by atoms with Gasteiger partial charge in [0.05, 0.1) is 5.69 Å². The lowest BCUT2D eigenvalue weighted by Crippen LogP contribution is -2.32. The Kier molecular flexibility index (Phi) is 10.0. The van der Waals surface area contributed by atoms with Gasteiger partial charge in [0, 0.05) is 24.5 Å². The van der Waals surface area contributed by atoms with E-state index in [1.807, 2.05) is 24.3 Å². The summed E-state index contributed by atoms with van der Waals surface area (Å²) in [6, 6.07) is 14.5. The predicted octanol–water partition coefficient (Wildman–Crippen LogP) is 3.13. The number of nitrogens with two attached hydrogens (primary N) is 2. The molecule has 0 spiro atoms. The number of halogens is 4. The number of nitrogens with zero attached hydrogens (tertiary/aromatic N) is 2. The molecule has 10 nitrogen and oxygen atoms in total. The molecule has 0 saturated heterocycles. The third kappa shape index (κ3) is 8.51. The van der Waals surface area contributed by atoms with Crippen molar-refractivity contribution in [3.63, 3.8) is 0 Å². The van der Waals surface area contributed by atoms with Crippen LogP contribution in [0.2, 0.25) is 5.15 Å². The van der Waals surface area contributed by atoms with Crippen LogP contribution in [0.3, 0.4) is 0 Å². The normalized spacial score (nSPS) is 10.8. The fraction of sp³-hybridized carbons (Fsp3) is 0.217. The standard InChI is InChI=1S/C21H23ClN6O2.C2HF3O2/c1-13-19(22)27-20(25-11-15-6-2-3-8-17(15)24)21(30)28(13)12-18(29)26-16-7-4-5-14(9-16)10-23;3-2(4,5)1(6)7/h2-9H,10-12,23-24H2,1H3,(H,25,27)(H,26,29);(H,6,7). The highest BCUT2D eigenvalue weighted by Crippen LogP contribution is 2.16. The fourth-order valence-corrected chi connectivity index (χ4v) is 3.10. The van der Waals surface area contributed by atoms with Gasteiger partial charge in [-0.25, -0.2) is 9.78 Å². The number of anilines is 3. The van der Waals surface area contributed by atoms with E-state index in [9.17, 15) is 22.8 Å². The van der Waals surface area contributed by atoms with Crippen molar-refractivity contribution in [2.24, 2.45) is 5.73 Å². The lowest BCUT2D eigenvalue weighted by atomic mass is 10.2. The molecular weight excluding hydrogens is 517 g/mol. The van der Waals surface area contributed by atoms with Crippen LogP contribution in [0.15, 0.2) is 53.3 Å². The van der Waals surface area contributed by atoms with Gasteiger partial charge in [-0.05, 0) is 36.2 Å². The molecule has 2 aromatic carbocycles. The molecule has 7 N–H and O–H groups in total. The van der Waals surface area contributed by atoms with Gasteiger partial charge in [-0.15, -0.1) is 0 Å². The van der Waals surface area contributed by atoms with Crippen LogP contribution in [-0.4, -0.2) is 32.7 Å². The minimum absolute atomic E-state index is 0.0479. The first-order chi connectivity index (χ1) is 17.3. The number of amides is 1. The van der Waals surface area contributed by atoms with Crippen molar-refractivity contribution in [1.82, 2.24) is 9.55 Å². The number of carbonyl (C=O) groups excluding carboxylic acids is 1. The maximum atomic E-state index is 12.9. The van der Waals surface area contributed by atoms with Crippen LogP contribution in [0.1, 0.15) is 16.8 Å². The van der Waals surface area contributed by atoms with Crippen molar-refractivity contribution >= 4 is 40.7 Å². The van der Waals surface area contributed by atoms with Crippen molar-refractivity contribution in [3.05, 3.63) is 80.9 Å². The summed E-state index contributed by atoms with van der Waals surface area (Å²) in [5, 5.41) is 13.0. The van der Waals surface area contributed by atoms with E-state index >= 15 is 0 Å². The van der Waals surface area contributed by atoms with Crippen molar-refractivity contribution in [2.75, 3.05) is 16.4 Å². The van der Waals surface area contributed by atoms with Crippen LogP contribution in [0, 0.1) is 6.92 Å². The van der Waals surface area contributed by atoms with Crippen molar-refractivity contribution in [3.8, 4) is 0 Å². The smallest absolute Gasteiger partial charge is 0.475 e. The average Bonchev–Trinajstić information content (AvgIpc) is 2.84. The summed E-state index contributed by atoms with van der Waals surface area (Å²) in [6.45, 7) is 2.09. The Morgan fingerprint density at radius 3 is 2.41 bits per heavy atom. The number of hydrogen-bond acceptors (Lipinski definition) is 7. The molecular formula is C23H24ClF3N6O4. The first-order valence-electron chi connectivity index (χ1n) is 10.6. The third-order valence-electron chi connectivity index (χ3n) is 4.85. The molecule has 0 radical (unpaired) electrons. The second-order valence-corrected chi connectivity index (χ2v) is 7.89. The molecule has 0 unspecified atom stereocenters. The molecule has 0 bridgehead atoms. The molecule has 3 rings (SSSR count). The number of benzene rings is 2. The average molecular weight is 541 g/mol. The van der Waals surface area contributed by atoms with E-state index in [2.05, 4.69) is 15.6 Å². The predicted molar refractivity (Wildman–Crippen MR) is 133 cm³/mol. The highest BCUT2D eigenvalue weighted by molar-refractivity contribution is 6.30. The Balaban J connectivity index is 0.000000604. The molecule has 1 heterocycles. The van der Waals surface area contributed by atoms with E-state index in [-0.39, 0.29) is 23.4 Å². The highest BCUT2D eigenvalue weighted by Gasteiger charge is 2.38. The first-order valence-corrected chi connectivity index (χ1v) is 10.9. The first kappa shape index (κ1) is 29.1. The number of nitrogens with one attached hydrogen (secondary N) is 2. The lowest BCUT2D eigenvalue weighted by molar-refractivity contribution is -0.192. The Hall–Kier alpha value is -4.10. The number of aliphatic carboxylic acids is 1. The topological polar surface area (TPSA) is 165 Å². The van der Waals surface area contributed by atoms with E-state index in [0.29, 0.717) is 30.2 Å². The minimum atomic E-state index is -5.08. The van der Waals surface area contributed by atoms with Gasteiger partial charge in [-0.2, -0.15) is 13.2 Å². The number of para-hydroxylation sites is 1. The van der Waals surface area contributed by atoms with Gasteiger partial charge in [0.1, 0.15) is 6.54 Å². The summed E-state index contributed by atoms with van der Waals surface area (Å²) < 4.78 is 33.0. The van der Waals surface area contributed by atoms with Gasteiger partial charge in [-0.3, -0.25) is 14.2 Å². The van der Waals surface area contributed by atoms with Gasteiger partial charge in [-0.1, -0.05) is 41.9 Å². The number of alkyl halides is 3. The summed E-state index contributed by atoms with van der Waals surface area (Å²) in [4.78, 5) is 38.4. The van der Waals surface area contributed by atoms with Gasteiger partial charge in [0.2, 0.25) is 5.91 Å². The van der Waals surface area contributed by atoms with E-state index in [1.54, 1.807) is 31.2 Å². The second kappa shape index (κ2) is 12.7. The molecule has 3 aromatic rings. The molecule has 0 aliphatic carbocycles. The van der Waals surface area contributed by atoms with Gasteiger partial charge >= 0.3 is 12.1 Å². The van der Waals surface area contributed by atoms with Crippen molar-refractivity contribution < 1.29 is 27.9 Å². The zero-order valence-corrected chi connectivity index (χ0v) is 20.2. The Labute approximate surface area is 214 Å². The van der Waals surface area contributed by atoms with Crippen molar-refractivity contribution in [2.45, 2.75) is 32.7 Å². The summed E-state index contributed by atoms with van der Waals surface area (Å²) in [5.74, 6) is -3.07. The van der Waals surface area contributed by atoms with Gasteiger partial charge in [0.15, 0.2) is 11.0 Å². The van der Waals surface area contributed by atoms with Crippen LogP contribution in [0.25, 0.3) is 0 Å². The number of nitrogen functional groups attached to an aromatic ring is 1. The molecule has 1 aromatic heterocycles. The molecule has 0 atom stereocenters. The number of carboxylic acid groups (broad SMARTS) is 1. The quantitative estimate of drug-likeness (QED) is 0.285. The maximum absolute atomic E-state index is 12.9. The lowest BCUT2D eigenvalue weighted by Gasteiger charge is -2.14. The molecule has 0 aliphatic rings. The van der Waals surface area contributed by atoms with E-state index in [0.717, 1.165) is 11.1 Å². The summed E-state index contributed by atoms with van der Waals surface area (Å²) in [5.41, 5.74) is 14.4. The van der Waals surface area contributed by atoms with Crippen LogP contribution < -0.4 is 27.7 Å².